The van der Waals surface area contributed by atoms with Gasteiger partial charge in [0.2, 0.25) is 5.91 Å². The summed E-state index contributed by atoms with van der Waals surface area (Å²) < 4.78 is 0. The average molecular weight is 406 g/mol. The Kier molecular flexibility index (Phi) is 5.45. The number of carbonyl (C=O) groups excluding carboxylic acids is 2. The maximum absolute atomic E-state index is 12.9. The number of fused-ring (bicyclic) bond motifs is 1. The third kappa shape index (κ3) is 4.38. The summed E-state index contributed by atoms with van der Waals surface area (Å²) in [5.74, 6) is -0.518. The van der Waals surface area contributed by atoms with Gasteiger partial charge in [-0.2, -0.15) is 0 Å². The maximum atomic E-state index is 12.9. The Bertz CT molecular complexity index is 1060. The van der Waals surface area contributed by atoms with Crippen molar-refractivity contribution in [3.05, 3.63) is 75.8 Å². The van der Waals surface area contributed by atoms with E-state index in [1.807, 2.05) is 50.2 Å². The van der Waals surface area contributed by atoms with Crippen LogP contribution in [0.4, 0.5) is 10.8 Å². The highest BCUT2D eigenvalue weighted by Gasteiger charge is 2.30. The van der Waals surface area contributed by atoms with Crippen LogP contribution >= 0.6 is 11.3 Å². The molecule has 2 amide bonds. The second-order valence-corrected chi connectivity index (χ2v) is 8.53. The molecule has 29 heavy (non-hydrogen) atoms. The van der Waals surface area contributed by atoms with Crippen LogP contribution in [-0.2, 0) is 11.2 Å². The standard InChI is InChI=1S/C23H23N3O2S/c1-14-9-11-16(12-10-14)21(27)26-23-25-20-18(7-4-8-19(20)29-23)22(28)24-17-6-3-5-15(2)13-17/h3,5-6,9-13,18H,4,7-8H2,1-2H3,(H,24,28)(H,25,26,27). The molecule has 1 atom stereocenters. The molecule has 2 N–H and O–H groups in total. The molecular formula is C23H23N3O2S. The van der Waals surface area contributed by atoms with Crippen LogP contribution in [0.5, 0.6) is 0 Å². The van der Waals surface area contributed by atoms with Gasteiger partial charge in [0.25, 0.3) is 5.91 Å². The number of rotatable bonds is 4. The minimum atomic E-state index is -0.291. The first-order valence-electron chi connectivity index (χ1n) is 9.75. The van der Waals surface area contributed by atoms with E-state index in [2.05, 4.69) is 15.6 Å². The van der Waals surface area contributed by atoms with E-state index in [-0.39, 0.29) is 17.7 Å². The average Bonchev–Trinajstić information content (AvgIpc) is 3.10. The molecule has 5 nitrogen and oxygen atoms in total. The molecule has 1 unspecified atom stereocenters. The fraction of sp³-hybridized carbons (Fsp3) is 0.261. The summed E-state index contributed by atoms with van der Waals surface area (Å²) in [5.41, 5.74) is 4.39. The fourth-order valence-electron chi connectivity index (χ4n) is 3.55. The van der Waals surface area contributed by atoms with Gasteiger partial charge < -0.3 is 5.32 Å². The zero-order valence-electron chi connectivity index (χ0n) is 16.5. The van der Waals surface area contributed by atoms with Crippen molar-refractivity contribution in [1.29, 1.82) is 0 Å². The Morgan fingerprint density at radius 2 is 1.83 bits per heavy atom. The number of hydrogen-bond acceptors (Lipinski definition) is 4. The SMILES string of the molecule is Cc1ccc(C(=O)Nc2nc3c(s2)CCCC3C(=O)Nc2cccc(C)c2)cc1. The van der Waals surface area contributed by atoms with Gasteiger partial charge in [-0.15, -0.1) is 11.3 Å². The van der Waals surface area contributed by atoms with Gasteiger partial charge in [-0.25, -0.2) is 4.98 Å². The zero-order chi connectivity index (χ0) is 20.4. The van der Waals surface area contributed by atoms with Crippen molar-refractivity contribution in [2.45, 2.75) is 39.0 Å². The Morgan fingerprint density at radius 1 is 1.03 bits per heavy atom. The fourth-order valence-corrected chi connectivity index (χ4v) is 4.61. The maximum Gasteiger partial charge on any atom is 0.257 e. The number of thiazole rings is 1. The lowest BCUT2D eigenvalue weighted by Crippen LogP contribution is -2.24. The minimum Gasteiger partial charge on any atom is -0.326 e. The topological polar surface area (TPSA) is 71.1 Å². The van der Waals surface area contributed by atoms with E-state index in [1.54, 1.807) is 12.1 Å². The van der Waals surface area contributed by atoms with E-state index in [0.717, 1.165) is 46.6 Å². The van der Waals surface area contributed by atoms with E-state index in [1.165, 1.54) is 11.3 Å². The number of amides is 2. The number of hydrogen-bond donors (Lipinski definition) is 2. The molecule has 1 aromatic heterocycles. The van der Waals surface area contributed by atoms with Gasteiger partial charge in [0.15, 0.2) is 5.13 Å². The van der Waals surface area contributed by atoms with E-state index in [9.17, 15) is 9.59 Å². The third-order valence-corrected chi connectivity index (χ3v) is 6.14. The molecule has 0 bridgehead atoms. The number of benzene rings is 2. The van der Waals surface area contributed by atoms with E-state index in [0.29, 0.717) is 10.7 Å². The molecule has 4 rings (SSSR count). The number of aryl methyl sites for hydroxylation is 3. The third-order valence-electron chi connectivity index (χ3n) is 5.09. The van der Waals surface area contributed by atoms with Crippen LogP contribution in [0.2, 0.25) is 0 Å². The number of aromatic nitrogens is 1. The van der Waals surface area contributed by atoms with Crippen molar-refractivity contribution in [3.63, 3.8) is 0 Å². The minimum absolute atomic E-state index is 0.0433. The van der Waals surface area contributed by atoms with Crippen molar-refractivity contribution >= 4 is 34.0 Å². The summed E-state index contributed by atoms with van der Waals surface area (Å²) in [6, 6.07) is 15.2. The second-order valence-electron chi connectivity index (χ2n) is 7.45. The number of carbonyl (C=O) groups is 2. The first-order valence-corrected chi connectivity index (χ1v) is 10.6. The van der Waals surface area contributed by atoms with Crippen molar-refractivity contribution in [2.75, 3.05) is 10.6 Å². The van der Waals surface area contributed by atoms with Crippen LogP contribution in [0.15, 0.2) is 48.5 Å². The van der Waals surface area contributed by atoms with E-state index in [4.69, 9.17) is 0 Å². The van der Waals surface area contributed by atoms with Crippen LogP contribution < -0.4 is 10.6 Å². The van der Waals surface area contributed by atoms with E-state index < -0.39 is 0 Å². The molecule has 0 radical (unpaired) electrons. The van der Waals surface area contributed by atoms with Crippen LogP contribution in [0, 0.1) is 13.8 Å². The molecule has 0 spiro atoms. The zero-order valence-corrected chi connectivity index (χ0v) is 17.3. The lowest BCUT2D eigenvalue weighted by Gasteiger charge is -2.20. The van der Waals surface area contributed by atoms with Gasteiger partial charge in [0, 0.05) is 16.1 Å². The van der Waals surface area contributed by atoms with Gasteiger partial charge in [-0.05, 0) is 62.9 Å². The van der Waals surface area contributed by atoms with Crippen LogP contribution in [0.1, 0.15) is 50.8 Å². The summed E-state index contributed by atoms with van der Waals surface area (Å²) in [4.78, 5) is 31.1. The van der Waals surface area contributed by atoms with Crippen LogP contribution in [0.25, 0.3) is 0 Å². The largest absolute Gasteiger partial charge is 0.326 e. The molecule has 6 heteroatoms. The van der Waals surface area contributed by atoms with Gasteiger partial charge in [0.05, 0.1) is 11.6 Å². The van der Waals surface area contributed by atoms with Gasteiger partial charge >= 0.3 is 0 Å². The van der Waals surface area contributed by atoms with Crippen molar-refractivity contribution in [1.82, 2.24) is 4.98 Å². The molecule has 1 aliphatic carbocycles. The highest BCUT2D eigenvalue weighted by Crippen LogP contribution is 2.37. The van der Waals surface area contributed by atoms with Crippen LogP contribution in [-0.4, -0.2) is 16.8 Å². The Balaban J connectivity index is 1.50. The van der Waals surface area contributed by atoms with Gasteiger partial charge in [-0.1, -0.05) is 29.8 Å². The summed E-state index contributed by atoms with van der Waals surface area (Å²) in [6.45, 7) is 3.98. The molecule has 1 heterocycles. The molecule has 2 aromatic carbocycles. The summed E-state index contributed by atoms with van der Waals surface area (Å²) in [5, 5.41) is 6.45. The summed E-state index contributed by atoms with van der Waals surface area (Å²) in [7, 11) is 0. The van der Waals surface area contributed by atoms with Gasteiger partial charge in [0.1, 0.15) is 0 Å². The van der Waals surface area contributed by atoms with Crippen molar-refractivity contribution in [3.8, 4) is 0 Å². The molecule has 3 aromatic rings. The molecule has 0 saturated carbocycles. The Labute approximate surface area is 174 Å². The normalized spacial score (nSPS) is 15.4. The molecule has 148 valence electrons. The molecule has 0 aliphatic heterocycles. The van der Waals surface area contributed by atoms with Crippen molar-refractivity contribution in [2.24, 2.45) is 0 Å². The molecule has 1 aliphatic rings. The lowest BCUT2D eigenvalue weighted by atomic mass is 9.90. The van der Waals surface area contributed by atoms with Gasteiger partial charge in [-0.3, -0.25) is 14.9 Å². The predicted molar refractivity (Wildman–Crippen MR) is 117 cm³/mol. The predicted octanol–water partition coefficient (Wildman–Crippen LogP) is 5.07. The highest BCUT2D eigenvalue weighted by atomic mass is 32.1. The quantitative estimate of drug-likeness (QED) is 0.636. The lowest BCUT2D eigenvalue weighted by molar-refractivity contribution is -0.117. The monoisotopic (exact) mass is 405 g/mol. The first-order chi connectivity index (χ1) is 14.0. The number of nitrogens with zero attached hydrogens (tertiary/aromatic N) is 1. The molecular weight excluding hydrogens is 382 g/mol. The van der Waals surface area contributed by atoms with Crippen molar-refractivity contribution < 1.29 is 9.59 Å². The first kappa shape index (κ1) is 19.3. The molecule has 0 fully saturated rings. The summed E-state index contributed by atoms with van der Waals surface area (Å²) >= 11 is 1.47. The van der Waals surface area contributed by atoms with E-state index >= 15 is 0 Å². The summed E-state index contributed by atoms with van der Waals surface area (Å²) in [6.07, 6.45) is 2.59. The molecule has 0 saturated heterocycles. The second kappa shape index (κ2) is 8.17. The number of anilines is 2. The Morgan fingerprint density at radius 3 is 2.59 bits per heavy atom. The van der Waals surface area contributed by atoms with Crippen LogP contribution in [0.3, 0.4) is 0 Å². The highest BCUT2D eigenvalue weighted by molar-refractivity contribution is 7.16. The Hall–Kier alpha value is -2.99. The smallest absolute Gasteiger partial charge is 0.257 e. The number of nitrogens with one attached hydrogen (secondary N) is 2.